The van der Waals surface area contributed by atoms with Crippen molar-refractivity contribution in [1.82, 2.24) is 0 Å². The van der Waals surface area contributed by atoms with Gasteiger partial charge in [0.2, 0.25) is 0 Å². The molecular formula is C19H19NO. The van der Waals surface area contributed by atoms with Crippen LogP contribution < -0.4 is 10.5 Å². The fourth-order valence-electron chi connectivity index (χ4n) is 2.52. The molecule has 106 valence electrons. The van der Waals surface area contributed by atoms with Crippen LogP contribution in [-0.4, -0.2) is 6.04 Å². The first-order valence-corrected chi connectivity index (χ1v) is 7.23. The summed E-state index contributed by atoms with van der Waals surface area (Å²) in [5.74, 6) is 1.76. The Bertz CT molecular complexity index is 744. The van der Waals surface area contributed by atoms with Crippen LogP contribution >= 0.6 is 0 Å². The van der Waals surface area contributed by atoms with Gasteiger partial charge in [0.05, 0.1) is 0 Å². The molecule has 0 fully saturated rings. The van der Waals surface area contributed by atoms with Crippen LogP contribution in [0, 0.1) is 0 Å². The highest BCUT2D eigenvalue weighted by Gasteiger charge is 2.08. The fourth-order valence-corrected chi connectivity index (χ4v) is 2.52. The quantitative estimate of drug-likeness (QED) is 0.761. The number of fused-ring (bicyclic) bond motifs is 1. The van der Waals surface area contributed by atoms with Crippen molar-refractivity contribution in [2.45, 2.75) is 19.4 Å². The molecule has 0 saturated heterocycles. The SMILES string of the molecule is CC(N)Cc1ccccc1Oc1cccc2ccccc12. The third-order valence-corrected chi connectivity index (χ3v) is 3.48. The first-order valence-electron chi connectivity index (χ1n) is 7.23. The molecule has 0 aliphatic carbocycles. The van der Waals surface area contributed by atoms with Crippen LogP contribution in [-0.2, 0) is 6.42 Å². The first kappa shape index (κ1) is 13.7. The second kappa shape index (κ2) is 5.98. The summed E-state index contributed by atoms with van der Waals surface area (Å²) in [4.78, 5) is 0. The van der Waals surface area contributed by atoms with E-state index >= 15 is 0 Å². The molecule has 0 saturated carbocycles. The highest BCUT2D eigenvalue weighted by molar-refractivity contribution is 5.88. The Kier molecular flexibility index (Phi) is 3.89. The minimum atomic E-state index is 0.113. The van der Waals surface area contributed by atoms with Gasteiger partial charge in [-0.1, -0.05) is 54.6 Å². The molecule has 2 nitrogen and oxygen atoms in total. The largest absolute Gasteiger partial charge is 0.456 e. The second-order valence-corrected chi connectivity index (χ2v) is 5.37. The van der Waals surface area contributed by atoms with Crippen molar-refractivity contribution >= 4 is 10.8 Å². The van der Waals surface area contributed by atoms with E-state index in [9.17, 15) is 0 Å². The van der Waals surface area contributed by atoms with Crippen LogP contribution in [0.5, 0.6) is 11.5 Å². The molecule has 1 unspecified atom stereocenters. The van der Waals surface area contributed by atoms with E-state index in [4.69, 9.17) is 10.5 Å². The van der Waals surface area contributed by atoms with Gasteiger partial charge in [-0.3, -0.25) is 0 Å². The monoisotopic (exact) mass is 277 g/mol. The van der Waals surface area contributed by atoms with Crippen molar-refractivity contribution < 1.29 is 4.74 Å². The van der Waals surface area contributed by atoms with Crippen molar-refractivity contribution in [2.75, 3.05) is 0 Å². The van der Waals surface area contributed by atoms with E-state index in [-0.39, 0.29) is 6.04 Å². The number of ether oxygens (including phenoxy) is 1. The summed E-state index contributed by atoms with van der Waals surface area (Å²) in [5, 5.41) is 2.30. The minimum absolute atomic E-state index is 0.113. The molecule has 3 rings (SSSR count). The van der Waals surface area contributed by atoms with E-state index < -0.39 is 0 Å². The van der Waals surface area contributed by atoms with Gasteiger partial charge < -0.3 is 10.5 Å². The van der Waals surface area contributed by atoms with E-state index in [1.165, 1.54) is 5.39 Å². The van der Waals surface area contributed by atoms with E-state index in [0.29, 0.717) is 0 Å². The predicted octanol–water partition coefficient (Wildman–Crippen LogP) is 4.52. The highest BCUT2D eigenvalue weighted by Crippen LogP contribution is 2.31. The van der Waals surface area contributed by atoms with E-state index in [1.807, 2.05) is 49.4 Å². The third-order valence-electron chi connectivity index (χ3n) is 3.48. The van der Waals surface area contributed by atoms with E-state index in [0.717, 1.165) is 28.9 Å². The summed E-state index contributed by atoms with van der Waals surface area (Å²) in [6.07, 6.45) is 0.806. The minimum Gasteiger partial charge on any atom is -0.456 e. The summed E-state index contributed by atoms with van der Waals surface area (Å²) in [5.41, 5.74) is 7.06. The van der Waals surface area contributed by atoms with Crippen LogP contribution in [0.1, 0.15) is 12.5 Å². The zero-order valence-corrected chi connectivity index (χ0v) is 12.1. The topological polar surface area (TPSA) is 35.2 Å². The fraction of sp³-hybridized carbons (Fsp3) is 0.158. The van der Waals surface area contributed by atoms with Crippen LogP contribution in [0.2, 0.25) is 0 Å². The maximum absolute atomic E-state index is 6.17. The summed E-state index contributed by atoms with van der Waals surface area (Å²) >= 11 is 0. The predicted molar refractivity (Wildman–Crippen MR) is 87.8 cm³/mol. The number of rotatable bonds is 4. The molecule has 0 radical (unpaired) electrons. The lowest BCUT2D eigenvalue weighted by Crippen LogP contribution is -2.18. The Balaban J connectivity index is 1.99. The Morgan fingerprint density at radius 3 is 2.38 bits per heavy atom. The van der Waals surface area contributed by atoms with Crippen molar-refractivity contribution in [2.24, 2.45) is 5.73 Å². The van der Waals surface area contributed by atoms with Gasteiger partial charge in [0.15, 0.2) is 0 Å². The molecule has 1 atom stereocenters. The molecule has 0 bridgehead atoms. The molecular weight excluding hydrogens is 258 g/mol. The van der Waals surface area contributed by atoms with Crippen molar-refractivity contribution in [3.05, 3.63) is 72.3 Å². The van der Waals surface area contributed by atoms with Gasteiger partial charge in [0.25, 0.3) is 0 Å². The maximum atomic E-state index is 6.17. The zero-order chi connectivity index (χ0) is 14.7. The van der Waals surface area contributed by atoms with Crippen LogP contribution in [0.25, 0.3) is 10.8 Å². The molecule has 0 amide bonds. The average Bonchev–Trinajstić information content (AvgIpc) is 2.49. The second-order valence-electron chi connectivity index (χ2n) is 5.37. The summed E-state index contributed by atoms with van der Waals surface area (Å²) in [6, 6.07) is 22.6. The van der Waals surface area contributed by atoms with Gasteiger partial charge in [0.1, 0.15) is 11.5 Å². The molecule has 3 aromatic carbocycles. The normalized spacial score (nSPS) is 12.3. The molecule has 21 heavy (non-hydrogen) atoms. The van der Waals surface area contributed by atoms with Crippen molar-refractivity contribution in [1.29, 1.82) is 0 Å². The Morgan fingerprint density at radius 2 is 1.52 bits per heavy atom. The van der Waals surface area contributed by atoms with Gasteiger partial charge in [-0.15, -0.1) is 0 Å². The number of para-hydroxylation sites is 1. The van der Waals surface area contributed by atoms with Crippen LogP contribution in [0.15, 0.2) is 66.7 Å². The van der Waals surface area contributed by atoms with Gasteiger partial charge in [-0.25, -0.2) is 0 Å². The summed E-state index contributed by atoms with van der Waals surface area (Å²) < 4.78 is 6.17. The summed E-state index contributed by atoms with van der Waals surface area (Å²) in [6.45, 7) is 2.01. The Hall–Kier alpha value is -2.32. The number of nitrogens with two attached hydrogens (primary N) is 1. The molecule has 0 aromatic heterocycles. The Labute approximate surface area is 125 Å². The van der Waals surface area contributed by atoms with E-state index in [1.54, 1.807) is 0 Å². The molecule has 0 aliphatic rings. The molecule has 0 aliphatic heterocycles. The Morgan fingerprint density at radius 1 is 0.857 bits per heavy atom. The molecule has 3 aromatic rings. The van der Waals surface area contributed by atoms with E-state index in [2.05, 4.69) is 24.3 Å². The number of benzene rings is 3. The van der Waals surface area contributed by atoms with Crippen LogP contribution in [0.4, 0.5) is 0 Å². The van der Waals surface area contributed by atoms with Gasteiger partial charge >= 0.3 is 0 Å². The lowest BCUT2D eigenvalue weighted by Gasteiger charge is -2.14. The van der Waals surface area contributed by atoms with Gasteiger partial charge in [0, 0.05) is 11.4 Å². The highest BCUT2D eigenvalue weighted by atomic mass is 16.5. The number of hydrogen-bond donors (Lipinski definition) is 1. The first-order chi connectivity index (χ1) is 10.2. The number of hydrogen-bond acceptors (Lipinski definition) is 2. The maximum Gasteiger partial charge on any atom is 0.135 e. The standard InChI is InChI=1S/C19H19NO/c1-14(20)13-16-8-3-5-11-18(16)21-19-12-6-9-15-7-2-4-10-17(15)19/h2-12,14H,13,20H2,1H3. The smallest absolute Gasteiger partial charge is 0.135 e. The van der Waals surface area contributed by atoms with Gasteiger partial charge in [-0.05, 0) is 36.4 Å². The van der Waals surface area contributed by atoms with Crippen LogP contribution in [0.3, 0.4) is 0 Å². The van der Waals surface area contributed by atoms with Crippen molar-refractivity contribution in [3.63, 3.8) is 0 Å². The lowest BCUT2D eigenvalue weighted by atomic mass is 10.1. The zero-order valence-electron chi connectivity index (χ0n) is 12.1. The lowest BCUT2D eigenvalue weighted by molar-refractivity contribution is 0.479. The molecule has 0 spiro atoms. The molecule has 2 N–H and O–H groups in total. The third kappa shape index (κ3) is 3.06. The summed E-state index contributed by atoms with van der Waals surface area (Å²) in [7, 11) is 0. The molecule has 2 heteroatoms. The average molecular weight is 277 g/mol. The van der Waals surface area contributed by atoms with Crippen molar-refractivity contribution in [3.8, 4) is 11.5 Å². The van der Waals surface area contributed by atoms with Gasteiger partial charge in [-0.2, -0.15) is 0 Å². The molecule has 0 heterocycles.